The number of aromatic nitrogens is 1. The van der Waals surface area contributed by atoms with Gasteiger partial charge in [-0.05, 0) is 82.4 Å². The van der Waals surface area contributed by atoms with Crippen molar-refractivity contribution in [1.82, 2.24) is 25.2 Å². The minimum atomic E-state index is -4.92. The molecule has 2 aromatic rings. The number of ether oxygens (including phenoxy) is 4. The van der Waals surface area contributed by atoms with Crippen molar-refractivity contribution in [3.8, 4) is 17.4 Å². The summed E-state index contributed by atoms with van der Waals surface area (Å²) < 4.78 is 91.9. The van der Waals surface area contributed by atoms with Crippen molar-refractivity contribution in [1.29, 1.82) is 0 Å². The minimum Gasteiger partial charge on any atom is -0.486 e. The number of fused-ring (bicyclic) bond motifs is 5. The molecule has 2 saturated carbocycles. The van der Waals surface area contributed by atoms with E-state index in [1.54, 1.807) is 31.2 Å². The lowest BCUT2D eigenvalue weighted by Gasteiger charge is -2.34. The maximum Gasteiger partial charge on any atom is 0.427 e. The Bertz CT molecular complexity index is 2110. The van der Waals surface area contributed by atoms with Gasteiger partial charge in [-0.3, -0.25) is 19.1 Å². The highest BCUT2D eigenvalue weighted by atomic mass is 32.2. The van der Waals surface area contributed by atoms with E-state index in [0.29, 0.717) is 81.4 Å². The molecule has 3 aliphatic heterocycles. The number of pyridine rings is 1. The van der Waals surface area contributed by atoms with Crippen LogP contribution in [0.5, 0.6) is 17.4 Å². The fourth-order valence-corrected chi connectivity index (χ4v) is 9.30. The van der Waals surface area contributed by atoms with Crippen molar-refractivity contribution in [2.24, 2.45) is 17.8 Å². The summed E-state index contributed by atoms with van der Waals surface area (Å²) in [4.78, 5) is 61.8. The number of alkyl halides is 3. The second-order valence-corrected chi connectivity index (χ2v) is 18.5. The Morgan fingerprint density at radius 2 is 1.78 bits per heavy atom. The molecule has 1 aromatic carbocycles. The molecule has 3 N–H and O–H groups in total. The topological polar surface area (TPSA) is 192 Å². The highest BCUT2D eigenvalue weighted by Gasteiger charge is 2.62. The summed E-state index contributed by atoms with van der Waals surface area (Å²) in [5.74, 6) is -2.47. The Hall–Kier alpha value is -4.81. The van der Waals surface area contributed by atoms with E-state index in [0.717, 1.165) is 0 Å². The smallest absolute Gasteiger partial charge is 0.427 e. The number of nitrogens with one attached hydrogen (secondary N) is 3. The van der Waals surface area contributed by atoms with Gasteiger partial charge in [0, 0.05) is 29.3 Å². The lowest BCUT2D eigenvalue weighted by atomic mass is 9.88. The van der Waals surface area contributed by atoms with Crippen molar-refractivity contribution in [2.45, 2.75) is 113 Å². The van der Waals surface area contributed by atoms with Crippen LogP contribution < -0.4 is 29.6 Å². The van der Waals surface area contributed by atoms with E-state index in [-0.39, 0.29) is 31.2 Å². The predicted octanol–water partition coefficient (Wildman–Crippen LogP) is 4.29. The molecule has 7 atom stereocenters. The van der Waals surface area contributed by atoms with Crippen LogP contribution >= 0.6 is 0 Å². The molecule has 1 aromatic heterocycles. The molecule has 58 heavy (non-hydrogen) atoms. The van der Waals surface area contributed by atoms with E-state index in [9.17, 15) is 40.8 Å². The van der Waals surface area contributed by atoms with Crippen molar-refractivity contribution < 1.29 is 59.7 Å². The zero-order chi connectivity index (χ0) is 41.8. The molecule has 15 nitrogen and oxygen atoms in total. The second kappa shape index (κ2) is 15.4. The molecule has 4 amide bonds. The number of rotatable bonds is 7. The van der Waals surface area contributed by atoms with Gasteiger partial charge in [0.1, 0.15) is 36.9 Å². The molecular weight excluding hydrogens is 788 g/mol. The van der Waals surface area contributed by atoms with Gasteiger partial charge in [-0.15, -0.1) is 0 Å². The van der Waals surface area contributed by atoms with Gasteiger partial charge in [0.25, 0.3) is 5.91 Å². The van der Waals surface area contributed by atoms with Gasteiger partial charge in [0.2, 0.25) is 33.3 Å². The van der Waals surface area contributed by atoms with Gasteiger partial charge in [0.05, 0.1) is 11.8 Å². The molecule has 2 aliphatic carbocycles. The van der Waals surface area contributed by atoms with E-state index in [1.807, 2.05) is 13.0 Å². The molecule has 0 bridgehead atoms. The normalized spacial score (nSPS) is 29.3. The van der Waals surface area contributed by atoms with Gasteiger partial charge >= 0.3 is 12.3 Å². The Labute approximate surface area is 333 Å². The standard InChI is InChI=1S/C39H48F3N5O10S/c1-21-7-5-6-8-23-19-38(23,35(50)46-58(52,53)25-9-10-25)45-32(48)28-18-24(56-33-27-11-12-29-31(55-16-15-54-29)26(27)13-14-43-33)20-47(28)34(49)30(22(2)17-21)44-36(51)57-37(3,4)39(40,41)42/h6,8,11-14,21-25,28,30H,5,7,9-10,15-20H2,1-4H3,(H,44,51)(H,45,48)(H,46,50). The number of alkyl carbamates (subject to hydrolysis) is 1. The van der Waals surface area contributed by atoms with E-state index < -0.39 is 86.4 Å². The third kappa shape index (κ3) is 8.36. The number of benzene rings is 1. The molecule has 5 aliphatic rings. The molecule has 7 rings (SSSR count). The van der Waals surface area contributed by atoms with Gasteiger partial charge in [-0.25, -0.2) is 18.2 Å². The monoisotopic (exact) mass is 835 g/mol. The van der Waals surface area contributed by atoms with Crippen LogP contribution in [0.4, 0.5) is 18.0 Å². The number of allylic oxidation sites excluding steroid dienone is 1. The third-order valence-electron chi connectivity index (χ3n) is 11.6. The molecule has 0 spiro atoms. The Balaban J connectivity index is 1.22. The van der Waals surface area contributed by atoms with Gasteiger partial charge < -0.3 is 34.5 Å². The lowest BCUT2D eigenvalue weighted by molar-refractivity contribution is -0.244. The van der Waals surface area contributed by atoms with E-state index in [4.69, 9.17) is 18.9 Å². The maximum absolute atomic E-state index is 14.8. The van der Waals surface area contributed by atoms with Gasteiger partial charge in [-0.2, -0.15) is 13.2 Å². The molecule has 7 unspecified atom stereocenters. The van der Waals surface area contributed by atoms with Crippen LogP contribution in [0, 0.1) is 17.8 Å². The number of halogens is 3. The number of hydrogen-bond acceptors (Lipinski definition) is 11. The quantitative estimate of drug-likeness (QED) is 0.338. The predicted molar refractivity (Wildman–Crippen MR) is 201 cm³/mol. The van der Waals surface area contributed by atoms with Crippen LogP contribution in [-0.2, 0) is 29.1 Å². The lowest BCUT2D eigenvalue weighted by Crippen LogP contribution is -2.59. The van der Waals surface area contributed by atoms with Crippen molar-refractivity contribution in [2.75, 3.05) is 19.8 Å². The first kappa shape index (κ1) is 41.4. The molecule has 0 radical (unpaired) electrons. The van der Waals surface area contributed by atoms with Crippen molar-refractivity contribution >= 4 is 44.6 Å². The summed E-state index contributed by atoms with van der Waals surface area (Å²) in [5, 5.41) is 5.67. The van der Waals surface area contributed by atoms with E-state index in [2.05, 4.69) is 20.3 Å². The number of hydrogen-bond donors (Lipinski definition) is 3. The SMILES string of the molecule is CC1CCC=CC2CC2(C(=O)NS(=O)(=O)C2CC2)NC(=O)C2CC(Oc3nccc4c5c(ccc34)OCCO5)CN2C(=O)C(NC(=O)OC(C)(C)C(F)(F)F)C(C)C1. The summed E-state index contributed by atoms with van der Waals surface area (Å²) in [5.41, 5.74) is -4.52. The highest BCUT2D eigenvalue weighted by molar-refractivity contribution is 7.91. The Morgan fingerprint density at radius 3 is 2.50 bits per heavy atom. The van der Waals surface area contributed by atoms with Gasteiger partial charge in [-0.1, -0.05) is 26.0 Å². The minimum absolute atomic E-state index is 0.0387. The average Bonchev–Trinajstić information content (AvgIpc) is 4.08. The second-order valence-electron chi connectivity index (χ2n) is 16.6. The molecule has 19 heteroatoms. The Morgan fingerprint density at radius 1 is 1.03 bits per heavy atom. The average molecular weight is 836 g/mol. The van der Waals surface area contributed by atoms with E-state index in [1.165, 1.54) is 11.1 Å². The molecule has 3 fully saturated rings. The van der Waals surface area contributed by atoms with E-state index >= 15 is 0 Å². The zero-order valence-corrected chi connectivity index (χ0v) is 33.4. The summed E-state index contributed by atoms with van der Waals surface area (Å²) in [6.45, 7) is 5.49. The summed E-state index contributed by atoms with van der Waals surface area (Å²) in [7, 11) is -3.98. The fourth-order valence-electron chi connectivity index (χ4n) is 7.93. The Kier molecular flexibility index (Phi) is 11.0. The maximum atomic E-state index is 14.8. The van der Waals surface area contributed by atoms with Crippen LogP contribution in [0.1, 0.15) is 72.6 Å². The number of amides is 4. The van der Waals surface area contributed by atoms with Crippen LogP contribution in [0.15, 0.2) is 36.5 Å². The molecular formula is C39H48F3N5O10S. The highest BCUT2D eigenvalue weighted by Crippen LogP contribution is 2.46. The van der Waals surface area contributed by atoms with Crippen LogP contribution in [0.3, 0.4) is 0 Å². The largest absolute Gasteiger partial charge is 0.486 e. The molecule has 4 heterocycles. The van der Waals surface area contributed by atoms with Crippen molar-refractivity contribution in [3.05, 3.63) is 36.5 Å². The van der Waals surface area contributed by atoms with Gasteiger partial charge in [0.15, 0.2) is 11.5 Å². The van der Waals surface area contributed by atoms with Crippen LogP contribution in [0.2, 0.25) is 0 Å². The number of nitrogens with zero attached hydrogens (tertiary/aromatic N) is 2. The summed E-state index contributed by atoms with van der Waals surface area (Å²) >= 11 is 0. The first-order valence-corrected chi connectivity index (χ1v) is 21.1. The molecule has 316 valence electrons. The van der Waals surface area contributed by atoms with Crippen LogP contribution in [-0.4, -0.2) is 103 Å². The molecule has 1 saturated heterocycles. The zero-order valence-electron chi connectivity index (χ0n) is 32.6. The van der Waals surface area contributed by atoms with Crippen LogP contribution in [0.25, 0.3) is 10.8 Å². The summed E-state index contributed by atoms with van der Waals surface area (Å²) in [6.07, 6.45) is 0.204. The number of carbonyl (C=O) groups is 4. The first-order chi connectivity index (χ1) is 27.3. The number of carbonyl (C=O) groups excluding carboxylic acids is 4. The third-order valence-corrected chi connectivity index (χ3v) is 13.4. The van der Waals surface area contributed by atoms with Crippen molar-refractivity contribution in [3.63, 3.8) is 0 Å². The first-order valence-electron chi connectivity index (χ1n) is 19.5. The fraction of sp³-hybridized carbons (Fsp3) is 0.615. The summed E-state index contributed by atoms with van der Waals surface area (Å²) in [6, 6.07) is 2.42. The number of sulfonamides is 1.